The number of aryl methyl sites for hydroxylation is 4. The van der Waals surface area contributed by atoms with Crippen LogP contribution >= 0.6 is 22.6 Å². The fourth-order valence-corrected chi connectivity index (χ4v) is 2.81. The van der Waals surface area contributed by atoms with Crippen molar-refractivity contribution in [2.75, 3.05) is 5.32 Å². The van der Waals surface area contributed by atoms with Crippen LogP contribution in [-0.4, -0.2) is 5.91 Å². The van der Waals surface area contributed by atoms with Gasteiger partial charge in [-0.1, -0.05) is 23.8 Å². The number of anilines is 1. The van der Waals surface area contributed by atoms with Gasteiger partial charge in [0.05, 0.1) is 0 Å². The lowest BCUT2D eigenvalue weighted by Crippen LogP contribution is -2.14. The molecule has 0 aromatic heterocycles. The van der Waals surface area contributed by atoms with E-state index >= 15 is 0 Å². The molecule has 104 valence electrons. The van der Waals surface area contributed by atoms with Gasteiger partial charge in [0.1, 0.15) is 0 Å². The minimum Gasteiger partial charge on any atom is -0.322 e. The largest absolute Gasteiger partial charge is 0.322 e. The molecule has 0 atom stereocenters. The molecule has 0 saturated carbocycles. The summed E-state index contributed by atoms with van der Waals surface area (Å²) in [5, 5.41) is 3.03. The van der Waals surface area contributed by atoms with Crippen LogP contribution in [-0.2, 0) is 0 Å². The summed E-state index contributed by atoms with van der Waals surface area (Å²) in [6.07, 6.45) is 0. The van der Waals surface area contributed by atoms with Gasteiger partial charge in [-0.2, -0.15) is 0 Å². The second kappa shape index (κ2) is 5.95. The molecule has 1 N–H and O–H groups in total. The van der Waals surface area contributed by atoms with Crippen molar-refractivity contribution in [2.45, 2.75) is 27.7 Å². The first-order valence-corrected chi connectivity index (χ1v) is 7.61. The maximum atomic E-state index is 12.4. The number of carbonyl (C=O) groups excluding carboxylic acids is 1. The third-order valence-electron chi connectivity index (χ3n) is 3.35. The highest BCUT2D eigenvalue weighted by molar-refractivity contribution is 14.1. The Balaban J connectivity index is 2.30. The number of amides is 1. The zero-order valence-electron chi connectivity index (χ0n) is 12.2. The average molecular weight is 379 g/mol. The second-order valence-electron chi connectivity index (χ2n) is 5.19. The highest BCUT2D eigenvalue weighted by Gasteiger charge is 2.11. The summed E-state index contributed by atoms with van der Waals surface area (Å²) in [5.74, 6) is -0.0574. The number of benzene rings is 2. The summed E-state index contributed by atoms with van der Waals surface area (Å²) >= 11 is 2.25. The molecule has 0 heterocycles. The maximum Gasteiger partial charge on any atom is 0.255 e. The van der Waals surface area contributed by atoms with E-state index in [9.17, 15) is 4.79 Å². The van der Waals surface area contributed by atoms with Crippen molar-refractivity contribution in [3.8, 4) is 0 Å². The van der Waals surface area contributed by atoms with E-state index in [1.165, 1.54) is 11.1 Å². The van der Waals surface area contributed by atoms with E-state index in [4.69, 9.17) is 0 Å². The molecule has 0 fully saturated rings. The molecule has 0 aliphatic carbocycles. The van der Waals surface area contributed by atoms with Crippen molar-refractivity contribution in [3.63, 3.8) is 0 Å². The first-order chi connectivity index (χ1) is 9.38. The van der Waals surface area contributed by atoms with Crippen LogP contribution in [0, 0.1) is 31.3 Å². The first-order valence-electron chi connectivity index (χ1n) is 6.54. The van der Waals surface area contributed by atoms with Gasteiger partial charge in [0, 0.05) is 14.8 Å². The van der Waals surface area contributed by atoms with E-state index in [1.807, 2.05) is 39.0 Å². The fraction of sp³-hybridized carbons (Fsp3) is 0.235. The number of rotatable bonds is 2. The van der Waals surface area contributed by atoms with Gasteiger partial charge in [-0.3, -0.25) is 4.79 Å². The van der Waals surface area contributed by atoms with E-state index in [0.717, 1.165) is 20.4 Å². The molecular weight excluding hydrogens is 361 g/mol. The standard InChI is InChI=1S/C17H18INO/c1-10-7-12(3)16(13(4)8-10)19-17(20)14-6-5-11(2)15(18)9-14/h5-9H,1-4H3,(H,19,20). The van der Waals surface area contributed by atoms with Gasteiger partial charge < -0.3 is 5.32 Å². The molecule has 2 rings (SSSR count). The summed E-state index contributed by atoms with van der Waals surface area (Å²) in [4.78, 5) is 12.4. The molecular formula is C17H18INO. The average Bonchev–Trinajstić information content (AvgIpc) is 2.36. The number of nitrogens with one attached hydrogen (secondary N) is 1. The Kier molecular flexibility index (Phi) is 4.48. The third kappa shape index (κ3) is 3.20. The molecule has 0 saturated heterocycles. The Bertz CT molecular complexity index is 654. The lowest BCUT2D eigenvalue weighted by molar-refractivity contribution is 0.102. The molecule has 0 aliphatic heterocycles. The number of hydrogen-bond donors (Lipinski definition) is 1. The molecule has 0 bridgehead atoms. The van der Waals surface area contributed by atoms with Crippen LogP contribution < -0.4 is 5.32 Å². The smallest absolute Gasteiger partial charge is 0.255 e. The van der Waals surface area contributed by atoms with Crippen molar-refractivity contribution in [2.24, 2.45) is 0 Å². The molecule has 20 heavy (non-hydrogen) atoms. The van der Waals surface area contributed by atoms with Crippen LogP contribution in [0.5, 0.6) is 0 Å². The quantitative estimate of drug-likeness (QED) is 0.748. The van der Waals surface area contributed by atoms with Crippen molar-refractivity contribution < 1.29 is 4.79 Å². The summed E-state index contributed by atoms with van der Waals surface area (Å²) in [7, 11) is 0. The Labute approximate surface area is 133 Å². The van der Waals surface area contributed by atoms with E-state index in [2.05, 4.69) is 47.0 Å². The predicted molar refractivity (Wildman–Crippen MR) is 92.5 cm³/mol. The van der Waals surface area contributed by atoms with Crippen molar-refractivity contribution >= 4 is 34.2 Å². The Morgan fingerprint density at radius 1 is 0.950 bits per heavy atom. The van der Waals surface area contributed by atoms with E-state index in [0.29, 0.717) is 5.56 Å². The summed E-state index contributed by atoms with van der Waals surface area (Å²) in [6, 6.07) is 9.93. The van der Waals surface area contributed by atoms with Gasteiger partial charge in [0.25, 0.3) is 5.91 Å². The molecule has 2 aromatic rings. The zero-order chi connectivity index (χ0) is 14.9. The van der Waals surface area contributed by atoms with E-state index in [-0.39, 0.29) is 5.91 Å². The maximum absolute atomic E-state index is 12.4. The SMILES string of the molecule is Cc1cc(C)c(NC(=O)c2ccc(C)c(I)c2)c(C)c1. The van der Waals surface area contributed by atoms with E-state index < -0.39 is 0 Å². The molecule has 0 radical (unpaired) electrons. The molecule has 0 unspecified atom stereocenters. The van der Waals surface area contributed by atoms with Crippen LogP contribution in [0.15, 0.2) is 30.3 Å². The summed E-state index contributed by atoms with van der Waals surface area (Å²) < 4.78 is 1.10. The van der Waals surface area contributed by atoms with Crippen LogP contribution in [0.3, 0.4) is 0 Å². The molecule has 3 heteroatoms. The summed E-state index contributed by atoms with van der Waals surface area (Å²) in [5.41, 5.74) is 6.19. The Hall–Kier alpha value is -1.36. The molecule has 0 aliphatic rings. The van der Waals surface area contributed by atoms with Crippen molar-refractivity contribution in [3.05, 3.63) is 61.7 Å². The van der Waals surface area contributed by atoms with Crippen LogP contribution in [0.2, 0.25) is 0 Å². The lowest BCUT2D eigenvalue weighted by atomic mass is 10.0. The molecule has 2 aromatic carbocycles. The lowest BCUT2D eigenvalue weighted by Gasteiger charge is -2.13. The predicted octanol–water partition coefficient (Wildman–Crippen LogP) is 4.78. The van der Waals surface area contributed by atoms with Gasteiger partial charge in [0.2, 0.25) is 0 Å². The monoisotopic (exact) mass is 379 g/mol. The van der Waals surface area contributed by atoms with Crippen LogP contribution in [0.25, 0.3) is 0 Å². The van der Waals surface area contributed by atoms with Crippen molar-refractivity contribution in [1.29, 1.82) is 0 Å². The topological polar surface area (TPSA) is 29.1 Å². The molecule has 0 spiro atoms. The Morgan fingerprint density at radius 2 is 1.55 bits per heavy atom. The van der Waals surface area contributed by atoms with Gasteiger partial charge >= 0.3 is 0 Å². The number of halogens is 1. The first kappa shape index (κ1) is 15.0. The Morgan fingerprint density at radius 3 is 2.10 bits per heavy atom. The van der Waals surface area contributed by atoms with Gasteiger partial charge in [-0.15, -0.1) is 0 Å². The normalized spacial score (nSPS) is 10.4. The fourth-order valence-electron chi connectivity index (χ4n) is 2.30. The minimum atomic E-state index is -0.0574. The van der Waals surface area contributed by atoms with Gasteiger partial charge in [-0.25, -0.2) is 0 Å². The van der Waals surface area contributed by atoms with Crippen LogP contribution in [0.1, 0.15) is 32.6 Å². The second-order valence-corrected chi connectivity index (χ2v) is 6.35. The van der Waals surface area contributed by atoms with Crippen LogP contribution in [0.4, 0.5) is 5.69 Å². The van der Waals surface area contributed by atoms with E-state index in [1.54, 1.807) is 0 Å². The number of carbonyl (C=O) groups is 1. The number of hydrogen-bond acceptors (Lipinski definition) is 1. The van der Waals surface area contributed by atoms with Gasteiger partial charge in [0.15, 0.2) is 0 Å². The minimum absolute atomic E-state index is 0.0574. The molecule has 2 nitrogen and oxygen atoms in total. The highest BCUT2D eigenvalue weighted by Crippen LogP contribution is 2.23. The zero-order valence-corrected chi connectivity index (χ0v) is 14.3. The summed E-state index contributed by atoms with van der Waals surface area (Å²) in [6.45, 7) is 8.15. The van der Waals surface area contributed by atoms with Gasteiger partial charge in [-0.05, 0) is 79.1 Å². The highest BCUT2D eigenvalue weighted by atomic mass is 127. The third-order valence-corrected chi connectivity index (χ3v) is 4.51. The van der Waals surface area contributed by atoms with Crippen molar-refractivity contribution in [1.82, 2.24) is 0 Å². The molecule has 1 amide bonds.